The molecule has 0 spiro atoms. The number of ether oxygens (including phenoxy) is 1. The summed E-state index contributed by atoms with van der Waals surface area (Å²) < 4.78 is 71.5. The second kappa shape index (κ2) is 4.39. The highest BCUT2D eigenvalue weighted by Gasteiger charge is 2.23. The van der Waals surface area contributed by atoms with Crippen LogP contribution in [0.3, 0.4) is 0 Å². The third-order valence-electron chi connectivity index (χ3n) is 2.98. The minimum Gasteiger partial charge on any atom is -0.744 e. The van der Waals surface area contributed by atoms with Crippen LogP contribution in [0.2, 0.25) is 0 Å². The summed E-state index contributed by atoms with van der Waals surface area (Å²) in [6.45, 7) is 0. The molecule has 0 bridgehead atoms. The van der Waals surface area contributed by atoms with Crippen LogP contribution < -0.4 is 10.1 Å². The predicted octanol–water partition coefficient (Wildman–Crippen LogP) is 0.572. The first-order chi connectivity index (χ1) is 10.1. The minimum atomic E-state index is -4.87. The second-order valence-electron chi connectivity index (χ2n) is 4.41. The number of amides is 1. The lowest BCUT2D eigenvalue weighted by molar-refractivity contribution is 0.214. The van der Waals surface area contributed by atoms with Gasteiger partial charge in [0.2, 0.25) is 0 Å². The number of nitrogens with one attached hydrogen (secondary N) is 1. The van der Waals surface area contributed by atoms with E-state index >= 15 is 0 Å². The predicted molar refractivity (Wildman–Crippen MR) is 69.5 cm³/mol. The fourth-order valence-electron chi connectivity index (χ4n) is 2.13. The minimum absolute atomic E-state index is 0.0342. The van der Waals surface area contributed by atoms with Gasteiger partial charge in [-0.25, -0.2) is 21.6 Å². The van der Waals surface area contributed by atoms with Gasteiger partial charge < -0.3 is 13.8 Å². The number of hydrogen-bond acceptors (Lipinski definition) is 8. The molecule has 1 aliphatic rings. The molecule has 0 saturated heterocycles. The summed E-state index contributed by atoms with van der Waals surface area (Å²) in [5, 5.41) is 2.34. The van der Waals surface area contributed by atoms with Gasteiger partial charge in [0.05, 0.1) is 15.5 Å². The Morgan fingerprint density at radius 2 is 1.45 bits per heavy atom. The molecule has 0 saturated carbocycles. The first-order valence-electron chi connectivity index (χ1n) is 5.58. The average molecular weight is 343 g/mol. The topological polar surface area (TPSA) is 153 Å². The van der Waals surface area contributed by atoms with Gasteiger partial charge in [-0.1, -0.05) is 0 Å². The van der Waals surface area contributed by atoms with Crippen molar-refractivity contribution < 1.29 is 35.5 Å². The molecule has 1 amide bonds. The van der Waals surface area contributed by atoms with E-state index in [4.69, 9.17) is 4.74 Å². The molecule has 1 heterocycles. The van der Waals surface area contributed by atoms with Crippen molar-refractivity contribution in [3.8, 4) is 5.75 Å². The van der Waals surface area contributed by atoms with Gasteiger partial charge in [0.1, 0.15) is 26.0 Å². The highest BCUT2D eigenvalue weighted by atomic mass is 32.2. The molecule has 1 aliphatic heterocycles. The molecular weight excluding hydrogens is 338 g/mol. The number of hydrogen-bond donors (Lipinski definition) is 1. The number of carbonyl (C=O) groups excluding carboxylic acids is 1. The van der Waals surface area contributed by atoms with Gasteiger partial charge >= 0.3 is 6.09 Å². The second-order valence-corrected chi connectivity index (χ2v) is 7.17. The maximum Gasteiger partial charge on any atom is 0.417 e. The van der Waals surface area contributed by atoms with E-state index in [0.717, 1.165) is 24.3 Å². The summed E-state index contributed by atoms with van der Waals surface area (Å²) in [7, 11) is -9.72. The highest BCUT2D eigenvalue weighted by molar-refractivity contribution is 7.86. The standard InChI is InChI=1S/C11H7NO8S2/c13-11-12-8-3-6(21(14,15)16)1-5-2-7(22(17,18)19)4-9(20-11)10(5)8/h1-4H,(H,12,13)(H,14,15,16)(H,17,18,19)/p-2. The molecule has 9 nitrogen and oxygen atoms in total. The molecular formula is C11H5NO8S2-2. The van der Waals surface area contributed by atoms with Crippen molar-refractivity contribution in [1.29, 1.82) is 0 Å². The zero-order valence-corrected chi connectivity index (χ0v) is 12.0. The Morgan fingerprint density at radius 3 is 2.00 bits per heavy atom. The molecule has 3 rings (SSSR count). The van der Waals surface area contributed by atoms with E-state index in [0.29, 0.717) is 0 Å². The first kappa shape index (κ1) is 14.7. The van der Waals surface area contributed by atoms with Crippen molar-refractivity contribution in [1.82, 2.24) is 0 Å². The van der Waals surface area contributed by atoms with Gasteiger partial charge in [0.15, 0.2) is 0 Å². The molecule has 22 heavy (non-hydrogen) atoms. The van der Waals surface area contributed by atoms with Crippen LogP contribution in [0.1, 0.15) is 0 Å². The molecule has 0 radical (unpaired) electrons. The Hall–Kier alpha value is -2.21. The molecule has 2 aromatic carbocycles. The monoisotopic (exact) mass is 343 g/mol. The Bertz CT molecular complexity index is 961. The number of carbonyl (C=O) groups is 1. The fourth-order valence-corrected chi connectivity index (χ4v) is 3.18. The maximum atomic E-state index is 11.4. The Kier molecular flexibility index (Phi) is 2.94. The lowest BCUT2D eigenvalue weighted by Gasteiger charge is -2.21. The van der Waals surface area contributed by atoms with Crippen molar-refractivity contribution in [3.05, 3.63) is 24.3 Å². The van der Waals surface area contributed by atoms with Crippen LogP contribution >= 0.6 is 0 Å². The van der Waals surface area contributed by atoms with Crippen molar-refractivity contribution in [2.75, 3.05) is 5.32 Å². The van der Waals surface area contributed by atoms with Crippen molar-refractivity contribution in [2.24, 2.45) is 0 Å². The van der Waals surface area contributed by atoms with Crippen LogP contribution in [-0.2, 0) is 20.2 Å². The smallest absolute Gasteiger partial charge is 0.417 e. The van der Waals surface area contributed by atoms with Crippen molar-refractivity contribution in [2.45, 2.75) is 9.79 Å². The lowest BCUT2D eigenvalue weighted by atomic mass is 10.1. The van der Waals surface area contributed by atoms with Crippen LogP contribution in [0.15, 0.2) is 34.1 Å². The van der Waals surface area contributed by atoms with Gasteiger partial charge in [-0.05, 0) is 29.7 Å². The normalized spacial score (nSPS) is 14.5. The lowest BCUT2D eigenvalue weighted by Crippen LogP contribution is -2.21. The number of benzene rings is 2. The molecule has 2 aromatic rings. The first-order valence-corrected chi connectivity index (χ1v) is 8.40. The van der Waals surface area contributed by atoms with E-state index in [1.54, 1.807) is 0 Å². The third kappa shape index (κ3) is 2.39. The fraction of sp³-hybridized carbons (Fsp3) is 0. The molecule has 0 aromatic heterocycles. The molecule has 0 atom stereocenters. The van der Waals surface area contributed by atoms with Gasteiger partial charge in [0, 0.05) is 5.39 Å². The van der Waals surface area contributed by atoms with Crippen molar-refractivity contribution >= 4 is 42.8 Å². The van der Waals surface area contributed by atoms with Crippen LogP contribution in [0.5, 0.6) is 5.75 Å². The molecule has 0 aliphatic carbocycles. The summed E-state index contributed by atoms with van der Waals surface area (Å²) >= 11 is 0. The number of anilines is 1. The summed E-state index contributed by atoms with van der Waals surface area (Å²) in [5.74, 6) is -0.222. The largest absolute Gasteiger partial charge is 0.744 e. The van der Waals surface area contributed by atoms with Gasteiger partial charge in [-0.3, -0.25) is 5.32 Å². The summed E-state index contributed by atoms with van der Waals surface area (Å²) in [4.78, 5) is 10.0. The Labute approximate surface area is 124 Å². The van der Waals surface area contributed by atoms with Crippen LogP contribution in [0.4, 0.5) is 10.5 Å². The summed E-state index contributed by atoms with van der Waals surface area (Å²) in [6.07, 6.45) is -1.00. The molecule has 0 unspecified atom stereocenters. The van der Waals surface area contributed by atoms with E-state index in [1.807, 2.05) is 0 Å². The summed E-state index contributed by atoms with van der Waals surface area (Å²) in [5.41, 5.74) is -0.0342. The third-order valence-corrected chi connectivity index (χ3v) is 4.60. The molecule has 116 valence electrons. The molecule has 0 fully saturated rings. The van der Waals surface area contributed by atoms with Gasteiger partial charge in [0.25, 0.3) is 0 Å². The van der Waals surface area contributed by atoms with E-state index in [1.165, 1.54) is 0 Å². The Balaban J connectivity index is 2.47. The van der Waals surface area contributed by atoms with Crippen LogP contribution in [0.25, 0.3) is 10.8 Å². The zero-order valence-electron chi connectivity index (χ0n) is 10.4. The molecule has 11 heteroatoms. The van der Waals surface area contributed by atoms with E-state index < -0.39 is 36.1 Å². The zero-order chi connectivity index (χ0) is 16.3. The average Bonchev–Trinajstić information content (AvgIpc) is 2.35. The Morgan fingerprint density at radius 1 is 0.909 bits per heavy atom. The van der Waals surface area contributed by atoms with Gasteiger partial charge in [-0.15, -0.1) is 0 Å². The van der Waals surface area contributed by atoms with Crippen LogP contribution in [0, 0.1) is 0 Å². The van der Waals surface area contributed by atoms with Crippen molar-refractivity contribution in [3.63, 3.8) is 0 Å². The number of rotatable bonds is 2. The highest BCUT2D eigenvalue weighted by Crippen LogP contribution is 2.39. The maximum absolute atomic E-state index is 11.4. The van der Waals surface area contributed by atoms with E-state index in [-0.39, 0.29) is 22.2 Å². The quantitative estimate of drug-likeness (QED) is 0.777. The van der Waals surface area contributed by atoms with E-state index in [2.05, 4.69) is 5.32 Å². The summed E-state index contributed by atoms with van der Waals surface area (Å²) in [6, 6.07) is 3.60. The van der Waals surface area contributed by atoms with E-state index in [9.17, 15) is 30.7 Å². The van der Waals surface area contributed by atoms with Gasteiger partial charge in [-0.2, -0.15) is 0 Å². The van der Waals surface area contributed by atoms with Crippen LogP contribution in [-0.4, -0.2) is 32.0 Å². The molecule has 1 N–H and O–H groups in total. The SMILES string of the molecule is O=C1Nc2cc(S(=O)(=O)[O-])cc3cc(S(=O)(=O)[O-])cc(c23)O1.